The number of rotatable bonds is 3. The fourth-order valence-corrected chi connectivity index (χ4v) is 3.98. The lowest BCUT2D eigenvalue weighted by atomic mass is 10.1. The van der Waals surface area contributed by atoms with Gasteiger partial charge in [-0.1, -0.05) is 17.9 Å². The van der Waals surface area contributed by atoms with Crippen molar-refractivity contribution < 1.29 is 14.3 Å². The first-order valence-electron chi connectivity index (χ1n) is 10.1. The van der Waals surface area contributed by atoms with E-state index >= 15 is 0 Å². The summed E-state index contributed by atoms with van der Waals surface area (Å²) in [5.41, 5.74) is 4.44. The number of aromatic hydroxyl groups is 1. The maximum Gasteiger partial charge on any atom is 0.237 e. The van der Waals surface area contributed by atoms with E-state index in [0.29, 0.717) is 18.7 Å². The number of benzene rings is 1. The Morgan fingerprint density at radius 1 is 1.10 bits per heavy atom. The quantitative estimate of drug-likeness (QED) is 0.503. The summed E-state index contributed by atoms with van der Waals surface area (Å²) in [6.45, 7) is 5.69. The number of aromatic nitrogens is 1. The van der Waals surface area contributed by atoms with E-state index in [1.807, 2.05) is 19.1 Å². The van der Waals surface area contributed by atoms with Gasteiger partial charge < -0.3 is 14.4 Å². The zero-order chi connectivity index (χ0) is 22.0. The van der Waals surface area contributed by atoms with Crippen LogP contribution in [0.15, 0.2) is 42.6 Å². The first kappa shape index (κ1) is 21.2. The number of fused-ring (bicyclic) bond motifs is 1. The van der Waals surface area contributed by atoms with E-state index in [-0.39, 0.29) is 17.5 Å². The third kappa shape index (κ3) is 4.68. The van der Waals surface area contributed by atoms with Crippen molar-refractivity contribution >= 4 is 23.0 Å². The van der Waals surface area contributed by atoms with E-state index in [9.17, 15) is 14.3 Å². The van der Waals surface area contributed by atoms with E-state index in [2.05, 4.69) is 33.4 Å². The van der Waals surface area contributed by atoms with Crippen LogP contribution < -0.4 is 0 Å². The van der Waals surface area contributed by atoms with Crippen molar-refractivity contribution in [1.82, 2.24) is 14.2 Å². The minimum Gasteiger partial charge on any atom is -0.507 e. The third-order valence-electron chi connectivity index (χ3n) is 5.51. The van der Waals surface area contributed by atoms with Gasteiger partial charge in [-0.3, -0.25) is 9.69 Å². The molecule has 0 radical (unpaired) electrons. The van der Waals surface area contributed by atoms with Crippen molar-refractivity contribution in [2.75, 3.05) is 32.1 Å². The van der Waals surface area contributed by atoms with Crippen LogP contribution in [0.4, 0.5) is 4.39 Å². The standard InChI is InChI=1S/C24H23ClFN3O2/c1-17-2-7-22-19(4-3-18-5-6-20(26)13-23(18)30)12-21(29(22)15-17)16-27-8-10-28(11-9-27)24(31)14-25/h2,5-7,12-13,15,30H,8-11,14,16H2,1H3. The molecule has 1 N–H and O–H groups in total. The maximum atomic E-state index is 13.2. The van der Waals surface area contributed by atoms with Crippen LogP contribution in [0.25, 0.3) is 5.52 Å². The Kier molecular flexibility index (Phi) is 6.17. The van der Waals surface area contributed by atoms with Gasteiger partial charge in [0.25, 0.3) is 0 Å². The number of alkyl halides is 1. The predicted molar refractivity (Wildman–Crippen MR) is 119 cm³/mol. The molecule has 1 amide bonds. The normalized spacial score (nSPS) is 14.5. The highest BCUT2D eigenvalue weighted by Crippen LogP contribution is 2.21. The summed E-state index contributed by atoms with van der Waals surface area (Å²) in [4.78, 5) is 15.9. The predicted octanol–water partition coefficient (Wildman–Crippen LogP) is 3.38. The summed E-state index contributed by atoms with van der Waals surface area (Å²) in [5, 5.41) is 9.93. The highest BCUT2D eigenvalue weighted by Gasteiger charge is 2.21. The molecular weight excluding hydrogens is 417 g/mol. The van der Waals surface area contributed by atoms with Crippen molar-refractivity contribution in [2.24, 2.45) is 0 Å². The van der Waals surface area contributed by atoms with Crippen LogP contribution in [0.5, 0.6) is 5.75 Å². The van der Waals surface area contributed by atoms with E-state index in [1.54, 1.807) is 4.90 Å². The molecule has 1 fully saturated rings. The van der Waals surface area contributed by atoms with Gasteiger partial charge in [-0.05, 0) is 36.8 Å². The van der Waals surface area contributed by atoms with Gasteiger partial charge in [0.2, 0.25) is 5.91 Å². The lowest BCUT2D eigenvalue weighted by molar-refractivity contribution is -0.130. The second kappa shape index (κ2) is 9.01. The van der Waals surface area contributed by atoms with E-state index < -0.39 is 5.82 Å². The summed E-state index contributed by atoms with van der Waals surface area (Å²) in [6.07, 6.45) is 2.08. The molecule has 5 nitrogen and oxygen atoms in total. The molecule has 2 aromatic heterocycles. The molecule has 0 bridgehead atoms. The fraction of sp³-hybridized carbons (Fsp3) is 0.292. The molecular formula is C24H23ClFN3O2. The van der Waals surface area contributed by atoms with Gasteiger partial charge >= 0.3 is 0 Å². The SMILES string of the molecule is Cc1ccc2c(C#Cc3ccc(F)cc3O)cc(CN3CCN(C(=O)CCl)CC3)n2c1. The Morgan fingerprint density at radius 2 is 1.84 bits per heavy atom. The molecule has 160 valence electrons. The van der Waals surface area contributed by atoms with Crippen LogP contribution in [0.1, 0.15) is 22.4 Å². The van der Waals surface area contributed by atoms with Crippen molar-refractivity contribution in [3.63, 3.8) is 0 Å². The highest BCUT2D eigenvalue weighted by molar-refractivity contribution is 6.27. The van der Waals surface area contributed by atoms with Gasteiger partial charge in [-0.2, -0.15) is 0 Å². The Morgan fingerprint density at radius 3 is 2.55 bits per heavy atom. The van der Waals surface area contributed by atoms with Gasteiger partial charge in [0.05, 0.1) is 16.6 Å². The molecule has 0 aliphatic carbocycles. The van der Waals surface area contributed by atoms with Crippen LogP contribution in [0.3, 0.4) is 0 Å². The summed E-state index contributed by atoms with van der Waals surface area (Å²) < 4.78 is 15.4. The molecule has 31 heavy (non-hydrogen) atoms. The smallest absolute Gasteiger partial charge is 0.237 e. The Hall–Kier alpha value is -3.01. The van der Waals surface area contributed by atoms with E-state index in [4.69, 9.17) is 11.6 Å². The van der Waals surface area contributed by atoms with Crippen molar-refractivity contribution in [1.29, 1.82) is 0 Å². The van der Waals surface area contributed by atoms with Gasteiger partial charge in [-0.15, -0.1) is 11.6 Å². The molecule has 0 atom stereocenters. The minimum atomic E-state index is -0.497. The Balaban J connectivity index is 1.60. The molecule has 0 saturated carbocycles. The van der Waals surface area contributed by atoms with Crippen molar-refractivity contribution in [3.05, 3.63) is 70.8 Å². The Bertz CT molecular complexity index is 1190. The van der Waals surface area contributed by atoms with Gasteiger partial charge in [-0.25, -0.2) is 4.39 Å². The average molecular weight is 440 g/mol. The number of piperazine rings is 1. The molecule has 1 saturated heterocycles. The zero-order valence-corrected chi connectivity index (χ0v) is 18.0. The van der Waals surface area contributed by atoms with Crippen molar-refractivity contribution in [2.45, 2.75) is 13.5 Å². The maximum absolute atomic E-state index is 13.2. The largest absolute Gasteiger partial charge is 0.507 e. The lowest BCUT2D eigenvalue weighted by Gasteiger charge is -2.34. The zero-order valence-electron chi connectivity index (χ0n) is 17.2. The van der Waals surface area contributed by atoms with E-state index in [0.717, 1.165) is 48.0 Å². The van der Waals surface area contributed by atoms with Gasteiger partial charge in [0, 0.05) is 50.7 Å². The first-order chi connectivity index (χ1) is 14.9. The molecule has 1 aromatic carbocycles. The average Bonchev–Trinajstić information content (AvgIpc) is 3.09. The number of aryl methyl sites for hydroxylation is 1. The highest BCUT2D eigenvalue weighted by atomic mass is 35.5. The molecule has 3 aromatic rings. The topological polar surface area (TPSA) is 48.2 Å². The van der Waals surface area contributed by atoms with Gasteiger partial charge in [0.1, 0.15) is 17.4 Å². The lowest BCUT2D eigenvalue weighted by Crippen LogP contribution is -2.48. The second-order valence-electron chi connectivity index (χ2n) is 7.71. The number of hydrogen-bond donors (Lipinski definition) is 1. The fourth-order valence-electron chi connectivity index (χ4n) is 3.81. The number of halogens is 2. The molecule has 4 rings (SSSR count). The van der Waals surface area contributed by atoms with Gasteiger partial charge in [0.15, 0.2) is 0 Å². The number of phenols is 1. The molecule has 0 spiro atoms. The summed E-state index contributed by atoms with van der Waals surface area (Å²) in [7, 11) is 0. The first-order valence-corrected chi connectivity index (χ1v) is 10.7. The molecule has 7 heteroatoms. The molecule has 0 unspecified atom stereocenters. The molecule has 1 aliphatic rings. The summed E-state index contributed by atoms with van der Waals surface area (Å²) >= 11 is 5.67. The summed E-state index contributed by atoms with van der Waals surface area (Å²) in [5.74, 6) is 5.42. The van der Waals surface area contributed by atoms with E-state index in [1.165, 1.54) is 12.1 Å². The number of amides is 1. The van der Waals surface area contributed by atoms with Crippen LogP contribution in [0, 0.1) is 24.6 Å². The van der Waals surface area contributed by atoms with Crippen LogP contribution >= 0.6 is 11.6 Å². The monoisotopic (exact) mass is 439 g/mol. The number of carbonyl (C=O) groups excluding carboxylic acids is 1. The molecule has 1 aliphatic heterocycles. The molecule has 3 heterocycles. The van der Waals surface area contributed by atoms with Crippen LogP contribution in [0.2, 0.25) is 0 Å². The third-order valence-corrected chi connectivity index (χ3v) is 5.74. The number of pyridine rings is 1. The van der Waals surface area contributed by atoms with Crippen LogP contribution in [-0.2, 0) is 11.3 Å². The minimum absolute atomic E-state index is 0.0216. The van der Waals surface area contributed by atoms with Crippen LogP contribution in [-0.4, -0.2) is 57.3 Å². The second-order valence-corrected chi connectivity index (χ2v) is 7.98. The number of phenolic OH excluding ortho intramolecular Hbond substituents is 1. The number of carbonyl (C=O) groups is 1. The van der Waals surface area contributed by atoms with Crippen molar-refractivity contribution in [3.8, 4) is 17.6 Å². The summed E-state index contributed by atoms with van der Waals surface area (Å²) in [6, 6.07) is 9.94. The number of nitrogens with zero attached hydrogens (tertiary/aromatic N) is 3. The number of hydrogen-bond acceptors (Lipinski definition) is 3. The Labute approximate surface area is 185 Å².